The highest BCUT2D eigenvalue weighted by atomic mass is 32.2. The zero-order valence-corrected chi connectivity index (χ0v) is 12.0. The van der Waals surface area contributed by atoms with Crippen LogP contribution in [0.1, 0.15) is 18.9 Å². The third kappa shape index (κ3) is 6.10. The van der Waals surface area contributed by atoms with E-state index in [1.807, 2.05) is 0 Å². The topological polar surface area (TPSA) is 29.3 Å². The molecular weight excluding hydrogens is 228 g/mol. The fourth-order valence-electron chi connectivity index (χ4n) is 1.65. The van der Waals surface area contributed by atoms with Gasteiger partial charge in [-0.15, -0.1) is 11.8 Å². The van der Waals surface area contributed by atoms with Gasteiger partial charge in [-0.2, -0.15) is 0 Å². The molecule has 0 bridgehead atoms. The third-order valence-electron chi connectivity index (χ3n) is 2.91. The fraction of sp³-hybridized carbons (Fsp3) is 0.571. The van der Waals surface area contributed by atoms with Crippen LogP contribution in [0.15, 0.2) is 29.2 Å². The molecule has 0 aliphatic rings. The highest BCUT2D eigenvalue weighted by Crippen LogP contribution is 2.15. The Kier molecular flexibility index (Phi) is 6.63. The summed E-state index contributed by atoms with van der Waals surface area (Å²) in [5, 5.41) is 0. The van der Waals surface area contributed by atoms with E-state index in [4.69, 9.17) is 5.73 Å². The molecule has 17 heavy (non-hydrogen) atoms. The summed E-state index contributed by atoms with van der Waals surface area (Å²) in [5.41, 5.74) is 7.16. The Labute approximate surface area is 110 Å². The maximum Gasteiger partial charge on any atom is 0.00693 e. The average molecular weight is 252 g/mol. The zero-order valence-electron chi connectivity index (χ0n) is 11.1. The fourth-order valence-corrected chi connectivity index (χ4v) is 2.06. The largest absolute Gasteiger partial charge is 0.328 e. The Morgan fingerprint density at radius 1 is 1.24 bits per heavy atom. The molecule has 2 nitrogen and oxygen atoms in total. The van der Waals surface area contributed by atoms with E-state index >= 15 is 0 Å². The van der Waals surface area contributed by atoms with E-state index in [9.17, 15) is 0 Å². The highest BCUT2D eigenvalue weighted by molar-refractivity contribution is 7.98. The number of nitrogens with zero attached hydrogens (tertiary/aromatic N) is 1. The maximum atomic E-state index is 5.75. The number of hydrogen-bond acceptors (Lipinski definition) is 3. The van der Waals surface area contributed by atoms with E-state index in [0.717, 1.165) is 25.9 Å². The Morgan fingerprint density at radius 3 is 2.41 bits per heavy atom. The van der Waals surface area contributed by atoms with Gasteiger partial charge in [-0.3, -0.25) is 0 Å². The Morgan fingerprint density at radius 2 is 1.88 bits per heavy atom. The summed E-state index contributed by atoms with van der Waals surface area (Å²) < 4.78 is 0. The van der Waals surface area contributed by atoms with Crippen molar-refractivity contribution in [1.82, 2.24) is 4.90 Å². The average Bonchev–Trinajstić information content (AvgIpc) is 2.34. The lowest BCUT2D eigenvalue weighted by molar-refractivity contribution is 0.324. The minimum Gasteiger partial charge on any atom is -0.328 e. The molecule has 1 unspecified atom stereocenters. The lowest BCUT2D eigenvalue weighted by atomic mass is 10.1. The molecular formula is C14H24N2S. The van der Waals surface area contributed by atoms with Crippen LogP contribution in [0.3, 0.4) is 0 Å². The van der Waals surface area contributed by atoms with Crippen LogP contribution in [0, 0.1) is 0 Å². The van der Waals surface area contributed by atoms with E-state index < -0.39 is 0 Å². The van der Waals surface area contributed by atoms with Gasteiger partial charge >= 0.3 is 0 Å². The number of nitrogens with two attached hydrogens (primary N) is 1. The summed E-state index contributed by atoms with van der Waals surface area (Å²) in [6.07, 6.45) is 4.29. The first-order chi connectivity index (χ1) is 8.11. The van der Waals surface area contributed by atoms with Crippen molar-refractivity contribution in [2.75, 3.05) is 26.4 Å². The van der Waals surface area contributed by atoms with Crippen LogP contribution in [-0.4, -0.2) is 37.3 Å². The number of hydrogen-bond donors (Lipinski definition) is 1. The number of rotatable bonds is 7. The van der Waals surface area contributed by atoms with Crippen LogP contribution in [-0.2, 0) is 6.42 Å². The van der Waals surface area contributed by atoms with Gasteiger partial charge in [0.2, 0.25) is 0 Å². The summed E-state index contributed by atoms with van der Waals surface area (Å²) >= 11 is 1.79. The molecule has 2 N–H and O–H groups in total. The first kappa shape index (κ1) is 14.6. The van der Waals surface area contributed by atoms with Crippen molar-refractivity contribution in [2.24, 2.45) is 5.73 Å². The summed E-state index contributed by atoms with van der Waals surface area (Å²) in [6, 6.07) is 9.15. The first-order valence-corrected chi connectivity index (χ1v) is 7.41. The van der Waals surface area contributed by atoms with Crippen molar-refractivity contribution >= 4 is 11.8 Å². The molecule has 1 atom stereocenters. The smallest absolute Gasteiger partial charge is 0.00693 e. The number of likely N-dealkylation sites (N-methyl/N-ethyl adjacent to an activating group) is 1. The highest BCUT2D eigenvalue weighted by Gasteiger charge is 2.01. The monoisotopic (exact) mass is 252 g/mol. The van der Waals surface area contributed by atoms with Crippen LogP contribution < -0.4 is 5.73 Å². The van der Waals surface area contributed by atoms with Gasteiger partial charge in [-0.25, -0.2) is 0 Å². The molecule has 0 aromatic heterocycles. The summed E-state index contributed by atoms with van der Waals surface area (Å²) in [5.74, 6) is 0. The molecule has 0 fully saturated rings. The minimum absolute atomic E-state index is 0.304. The third-order valence-corrected chi connectivity index (χ3v) is 3.65. The molecule has 96 valence electrons. The van der Waals surface area contributed by atoms with Crippen molar-refractivity contribution in [3.63, 3.8) is 0 Å². The Bertz CT molecular complexity index is 309. The van der Waals surface area contributed by atoms with Crippen LogP contribution in [0.2, 0.25) is 0 Å². The predicted molar refractivity (Wildman–Crippen MR) is 77.7 cm³/mol. The molecule has 0 spiro atoms. The lowest BCUT2D eigenvalue weighted by Crippen LogP contribution is -2.27. The molecule has 1 rings (SSSR count). The van der Waals surface area contributed by atoms with Gasteiger partial charge in [0.1, 0.15) is 0 Å². The van der Waals surface area contributed by atoms with E-state index in [2.05, 4.69) is 49.4 Å². The molecule has 1 aromatic carbocycles. The summed E-state index contributed by atoms with van der Waals surface area (Å²) in [7, 11) is 2.17. The van der Waals surface area contributed by atoms with Gasteiger partial charge in [0, 0.05) is 17.5 Å². The molecule has 0 heterocycles. The molecule has 0 saturated carbocycles. The van der Waals surface area contributed by atoms with E-state index in [1.54, 1.807) is 11.8 Å². The first-order valence-electron chi connectivity index (χ1n) is 6.19. The zero-order chi connectivity index (χ0) is 12.7. The molecule has 0 aliphatic heterocycles. The van der Waals surface area contributed by atoms with Crippen molar-refractivity contribution in [1.29, 1.82) is 0 Å². The van der Waals surface area contributed by atoms with Crippen molar-refractivity contribution in [2.45, 2.75) is 30.7 Å². The molecule has 0 aliphatic carbocycles. The second kappa shape index (κ2) is 7.75. The van der Waals surface area contributed by atoms with E-state index in [-0.39, 0.29) is 0 Å². The second-order valence-corrected chi connectivity index (χ2v) is 5.55. The Balaban J connectivity index is 2.29. The second-order valence-electron chi connectivity index (χ2n) is 4.67. The van der Waals surface area contributed by atoms with Crippen molar-refractivity contribution in [3.05, 3.63) is 29.8 Å². The minimum atomic E-state index is 0.304. The van der Waals surface area contributed by atoms with Crippen LogP contribution in [0.5, 0.6) is 0 Å². The predicted octanol–water partition coefficient (Wildman–Crippen LogP) is 2.62. The van der Waals surface area contributed by atoms with Crippen LogP contribution >= 0.6 is 11.8 Å². The van der Waals surface area contributed by atoms with Gasteiger partial charge < -0.3 is 10.6 Å². The molecule has 1 aromatic rings. The molecule has 0 amide bonds. The quantitative estimate of drug-likeness (QED) is 0.756. The standard InChI is InChI=1S/C14H24N2S/c1-12(15)8-10-16(2)11-9-13-4-6-14(17-3)7-5-13/h4-7,12H,8-11,15H2,1-3H3. The van der Waals surface area contributed by atoms with Gasteiger partial charge in [-0.05, 0) is 57.3 Å². The van der Waals surface area contributed by atoms with Gasteiger partial charge in [-0.1, -0.05) is 12.1 Å². The molecule has 0 saturated heterocycles. The Hall–Kier alpha value is -0.510. The van der Waals surface area contributed by atoms with Crippen molar-refractivity contribution in [3.8, 4) is 0 Å². The van der Waals surface area contributed by atoms with Crippen LogP contribution in [0.4, 0.5) is 0 Å². The molecule has 3 heteroatoms. The maximum absolute atomic E-state index is 5.75. The number of benzene rings is 1. The summed E-state index contributed by atoms with van der Waals surface area (Å²) in [6.45, 7) is 4.25. The normalized spacial score (nSPS) is 13.0. The van der Waals surface area contributed by atoms with Gasteiger partial charge in [0.25, 0.3) is 0 Å². The van der Waals surface area contributed by atoms with Gasteiger partial charge in [0.05, 0.1) is 0 Å². The SMILES string of the molecule is CSc1ccc(CCN(C)CCC(C)N)cc1. The van der Waals surface area contributed by atoms with E-state index in [1.165, 1.54) is 10.5 Å². The summed E-state index contributed by atoms with van der Waals surface area (Å²) in [4.78, 5) is 3.69. The number of thioether (sulfide) groups is 1. The van der Waals surface area contributed by atoms with Crippen molar-refractivity contribution < 1.29 is 0 Å². The lowest BCUT2D eigenvalue weighted by Gasteiger charge is -2.17. The van der Waals surface area contributed by atoms with E-state index in [0.29, 0.717) is 6.04 Å². The molecule has 0 radical (unpaired) electrons. The van der Waals surface area contributed by atoms with Gasteiger partial charge in [0.15, 0.2) is 0 Å². The van der Waals surface area contributed by atoms with Crippen LogP contribution in [0.25, 0.3) is 0 Å².